The summed E-state index contributed by atoms with van der Waals surface area (Å²) in [6.45, 7) is 5.71. The first-order chi connectivity index (χ1) is 13.7. The Morgan fingerprint density at radius 2 is 1.38 bits per heavy atom. The Morgan fingerprint density at radius 3 is 1.93 bits per heavy atom. The van der Waals surface area contributed by atoms with Crippen LogP contribution in [-0.4, -0.2) is 69.0 Å². The van der Waals surface area contributed by atoms with Crippen molar-refractivity contribution >= 4 is 20.2 Å². The molecule has 0 aromatic heterocycles. The first kappa shape index (κ1) is 24.2. The number of rotatable bonds is 10. The van der Waals surface area contributed by atoms with Gasteiger partial charge < -0.3 is 0 Å². The lowest BCUT2D eigenvalue weighted by molar-refractivity contribution is 0.332. The lowest BCUT2D eigenvalue weighted by Crippen LogP contribution is -2.46. The molecule has 0 bridgehead atoms. The van der Waals surface area contributed by atoms with Crippen molar-refractivity contribution in [2.24, 2.45) is 0 Å². The van der Waals surface area contributed by atoms with Crippen LogP contribution in [-0.2, 0) is 20.2 Å². The van der Waals surface area contributed by atoms with Crippen molar-refractivity contribution in [2.75, 3.05) is 39.3 Å². The van der Waals surface area contributed by atoms with Crippen molar-refractivity contribution in [3.63, 3.8) is 0 Å². The zero-order chi connectivity index (χ0) is 21.5. The molecule has 1 fully saturated rings. The van der Waals surface area contributed by atoms with Gasteiger partial charge in [0, 0.05) is 39.3 Å². The monoisotopic (exact) mass is 449 g/mol. The molecule has 0 atom stereocenters. The van der Waals surface area contributed by atoms with Gasteiger partial charge in [-0.2, -0.15) is 21.3 Å². The molecule has 0 saturated carbocycles. The molecule has 1 aromatic carbocycles. The van der Waals surface area contributed by atoms with Crippen LogP contribution < -0.4 is 0 Å². The molecule has 1 aliphatic heterocycles. The predicted molar refractivity (Wildman–Crippen MR) is 112 cm³/mol. The summed E-state index contributed by atoms with van der Waals surface area (Å²) in [6.07, 6.45) is 3.81. The van der Waals surface area contributed by atoms with Crippen molar-refractivity contribution in [1.29, 1.82) is 0 Å². The molecule has 0 radical (unpaired) electrons. The number of sulfonamides is 1. The van der Waals surface area contributed by atoms with Crippen molar-refractivity contribution < 1.29 is 21.2 Å². The number of nitrogens with zero attached hydrogens (tertiary/aromatic N) is 3. The largest absolute Gasteiger partial charge is 0.282 e. The first-order valence-corrected chi connectivity index (χ1v) is 13.1. The van der Waals surface area contributed by atoms with Gasteiger partial charge in [-0.25, -0.2) is 12.8 Å². The average molecular weight is 450 g/mol. The third kappa shape index (κ3) is 6.21. The fraction of sp³-hybridized carbons (Fsp3) is 0.684. The van der Waals surface area contributed by atoms with E-state index in [1.54, 1.807) is 0 Å². The van der Waals surface area contributed by atoms with Crippen molar-refractivity contribution in [1.82, 2.24) is 12.9 Å². The Kier molecular flexibility index (Phi) is 9.02. The van der Waals surface area contributed by atoms with Crippen LogP contribution >= 0.6 is 0 Å². The number of unbranched alkanes of at least 4 members (excludes halogenated alkanes) is 2. The highest BCUT2D eigenvalue weighted by atomic mass is 32.2. The minimum absolute atomic E-state index is 0.0164. The topological polar surface area (TPSA) is 78.0 Å². The minimum atomic E-state index is -3.79. The molecule has 0 N–H and O–H groups in total. The van der Waals surface area contributed by atoms with E-state index in [2.05, 4.69) is 0 Å². The van der Waals surface area contributed by atoms with Gasteiger partial charge in [0.25, 0.3) is 10.2 Å². The molecule has 1 aliphatic rings. The number of hydrogen-bond acceptors (Lipinski definition) is 4. The van der Waals surface area contributed by atoms with Crippen LogP contribution in [0.15, 0.2) is 29.2 Å². The lowest BCUT2D eigenvalue weighted by Gasteiger charge is -2.29. The van der Waals surface area contributed by atoms with Gasteiger partial charge in [-0.1, -0.05) is 26.7 Å². The Balaban J connectivity index is 2.13. The molecule has 10 heteroatoms. The molecule has 0 amide bonds. The summed E-state index contributed by atoms with van der Waals surface area (Å²) in [5, 5.41) is 0. The molecule has 7 nitrogen and oxygen atoms in total. The van der Waals surface area contributed by atoms with Crippen LogP contribution in [0.3, 0.4) is 0 Å². The van der Waals surface area contributed by atoms with Crippen LogP contribution in [0.5, 0.6) is 0 Å². The van der Waals surface area contributed by atoms with Gasteiger partial charge in [0.15, 0.2) is 0 Å². The summed E-state index contributed by atoms with van der Waals surface area (Å²) >= 11 is 0. The third-order valence-electron chi connectivity index (χ3n) is 5.04. The molecule has 0 unspecified atom stereocenters. The average Bonchev–Trinajstić information content (AvgIpc) is 2.95. The third-order valence-corrected chi connectivity index (χ3v) is 8.99. The van der Waals surface area contributed by atoms with Gasteiger partial charge in [0.1, 0.15) is 5.82 Å². The van der Waals surface area contributed by atoms with Gasteiger partial charge in [0.05, 0.1) is 4.90 Å². The fourth-order valence-corrected chi connectivity index (χ4v) is 6.46. The second kappa shape index (κ2) is 10.8. The van der Waals surface area contributed by atoms with Crippen LogP contribution in [0.2, 0.25) is 0 Å². The number of hydrogen-bond donors (Lipinski definition) is 0. The quantitative estimate of drug-likeness (QED) is 0.550. The summed E-state index contributed by atoms with van der Waals surface area (Å²) in [5.74, 6) is -0.503. The van der Waals surface area contributed by atoms with Gasteiger partial charge in [-0.15, -0.1) is 0 Å². The van der Waals surface area contributed by atoms with E-state index in [9.17, 15) is 21.2 Å². The van der Waals surface area contributed by atoms with E-state index in [-0.39, 0.29) is 31.1 Å². The smallest absolute Gasteiger partial charge is 0.207 e. The van der Waals surface area contributed by atoms with Crippen molar-refractivity contribution in [3.8, 4) is 0 Å². The summed E-state index contributed by atoms with van der Waals surface area (Å²) in [4.78, 5) is 0.0164. The zero-order valence-corrected chi connectivity index (χ0v) is 18.9. The normalized spacial score (nSPS) is 17.5. The van der Waals surface area contributed by atoms with Gasteiger partial charge in [-0.3, -0.25) is 0 Å². The van der Waals surface area contributed by atoms with E-state index >= 15 is 0 Å². The van der Waals surface area contributed by atoms with Crippen molar-refractivity contribution in [2.45, 2.75) is 50.8 Å². The minimum Gasteiger partial charge on any atom is -0.207 e. The molecule has 1 aromatic rings. The number of halogens is 1. The molecule has 2 rings (SSSR count). The molecule has 29 heavy (non-hydrogen) atoms. The summed E-state index contributed by atoms with van der Waals surface area (Å²) in [6, 6.07) is 4.70. The first-order valence-electron chi connectivity index (χ1n) is 10.2. The molecular formula is C19H32FN3O4S2. The summed E-state index contributed by atoms with van der Waals surface area (Å²) < 4.78 is 69.4. The van der Waals surface area contributed by atoms with Gasteiger partial charge in [-0.05, 0) is 43.5 Å². The highest BCUT2D eigenvalue weighted by molar-refractivity contribution is 7.89. The Morgan fingerprint density at radius 1 is 0.862 bits per heavy atom. The predicted octanol–water partition coefficient (Wildman–Crippen LogP) is 2.67. The van der Waals surface area contributed by atoms with E-state index in [4.69, 9.17) is 0 Å². The van der Waals surface area contributed by atoms with E-state index < -0.39 is 26.0 Å². The fourth-order valence-electron chi connectivity index (χ4n) is 3.27. The zero-order valence-electron chi connectivity index (χ0n) is 17.3. The maximum atomic E-state index is 13.2. The van der Waals surface area contributed by atoms with Crippen LogP contribution in [0.25, 0.3) is 0 Å². The maximum absolute atomic E-state index is 13.2. The van der Waals surface area contributed by atoms with Crippen LogP contribution in [0, 0.1) is 5.82 Å². The Labute approximate surface area is 174 Å². The van der Waals surface area contributed by atoms with Gasteiger partial charge in [0.2, 0.25) is 10.0 Å². The van der Waals surface area contributed by atoms with E-state index in [1.165, 1.54) is 25.0 Å². The molecule has 1 heterocycles. The second-order valence-electron chi connectivity index (χ2n) is 7.22. The summed E-state index contributed by atoms with van der Waals surface area (Å²) in [5.41, 5.74) is 0. The number of benzene rings is 1. The molecule has 1 saturated heterocycles. The molecule has 166 valence electrons. The van der Waals surface area contributed by atoms with Crippen LogP contribution in [0.1, 0.15) is 46.0 Å². The highest BCUT2D eigenvalue weighted by Crippen LogP contribution is 2.20. The van der Waals surface area contributed by atoms with E-state index in [0.717, 1.165) is 37.8 Å². The van der Waals surface area contributed by atoms with E-state index in [0.29, 0.717) is 19.5 Å². The van der Waals surface area contributed by atoms with Gasteiger partial charge >= 0.3 is 0 Å². The summed E-state index contributed by atoms with van der Waals surface area (Å²) in [7, 11) is -7.42. The second-order valence-corrected chi connectivity index (χ2v) is 11.1. The lowest BCUT2D eigenvalue weighted by atomic mass is 10.3. The van der Waals surface area contributed by atoms with Crippen molar-refractivity contribution in [3.05, 3.63) is 30.1 Å². The standard InChI is InChI=1S/C19H32FN3O4S2/c1-3-5-12-22(13-6-4-2)29(26,27)23-15-7-14-21(16-17-23)28(24,25)19-10-8-18(20)9-11-19/h8-11H,3-7,12-17H2,1-2H3. The Hall–Kier alpha value is -1.07. The highest BCUT2D eigenvalue weighted by Gasteiger charge is 2.33. The van der Waals surface area contributed by atoms with E-state index in [1.807, 2.05) is 13.8 Å². The molecule has 0 spiro atoms. The SMILES string of the molecule is CCCCN(CCCC)S(=O)(=O)N1CCCN(S(=O)(=O)c2ccc(F)cc2)CC1. The van der Waals surface area contributed by atoms with Crippen LogP contribution in [0.4, 0.5) is 4.39 Å². The molecule has 0 aliphatic carbocycles. The molecular weight excluding hydrogens is 417 g/mol. The maximum Gasteiger partial charge on any atom is 0.282 e. The Bertz CT molecular complexity index is 837.